The topological polar surface area (TPSA) is 108 Å². The van der Waals surface area contributed by atoms with Crippen LogP contribution in [0.1, 0.15) is 77.1 Å². The second-order valence-corrected chi connectivity index (χ2v) is 11.7. The van der Waals surface area contributed by atoms with Crippen molar-refractivity contribution in [2.45, 2.75) is 77.7 Å². The van der Waals surface area contributed by atoms with Crippen LogP contribution in [0.3, 0.4) is 0 Å². The summed E-state index contributed by atoms with van der Waals surface area (Å²) in [7, 11) is 0. The number of anilines is 1. The summed E-state index contributed by atoms with van der Waals surface area (Å²) in [5.74, 6) is -2.15. The van der Waals surface area contributed by atoms with Gasteiger partial charge in [0.1, 0.15) is 22.3 Å². The lowest BCUT2D eigenvalue weighted by Gasteiger charge is -2.50. The molecule has 3 aliphatic rings. The molecule has 0 saturated heterocycles. The van der Waals surface area contributed by atoms with Crippen LogP contribution >= 0.6 is 0 Å². The van der Waals surface area contributed by atoms with Crippen molar-refractivity contribution in [2.75, 3.05) is 18.1 Å². The Bertz CT molecular complexity index is 1480. The number of aryl methyl sites for hydroxylation is 1. The van der Waals surface area contributed by atoms with Gasteiger partial charge in [-0.3, -0.25) is 4.79 Å². The number of fused-ring (bicyclic) bond motifs is 1. The maximum absolute atomic E-state index is 15.2. The van der Waals surface area contributed by atoms with E-state index in [9.17, 15) is 9.59 Å². The Morgan fingerprint density at radius 3 is 2.12 bits per heavy atom. The largest absolute Gasteiger partial charge is 0.462 e. The Balaban J connectivity index is 1.97. The molecule has 2 aromatic rings. The van der Waals surface area contributed by atoms with Gasteiger partial charge in [-0.1, -0.05) is 56.3 Å². The minimum absolute atomic E-state index is 0.0473. The molecule has 3 aliphatic heterocycles. The van der Waals surface area contributed by atoms with Gasteiger partial charge in [0.25, 0.3) is 0 Å². The molecule has 41 heavy (non-hydrogen) atoms. The lowest BCUT2D eigenvalue weighted by molar-refractivity contribution is -0.143. The van der Waals surface area contributed by atoms with Crippen molar-refractivity contribution in [1.29, 1.82) is 0 Å². The molecule has 2 aromatic carbocycles. The van der Waals surface area contributed by atoms with Crippen LogP contribution in [0, 0.1) is 0 Å². The smallest absolute Gasteiger partial charge is 0.341 e. The van der Waals surface area contributed by atoms with Crippen molar-refractivity contribution in [2.24, 2.45) is 5.73 Å². The van der Waals surface area contributed by atoms with Crippen LogP contribution in [-0.4, -0.2) is 36.6 Å². The van der Waals surface area contributed by atoms with Crippen molar-refractivity contribution >= 4 is 23.5 Å². The summed E-state index contributed by atoms with van der Waals surface area (Å²) in [6.45, 7) is 13.3. The normalized spacial score (nSPS) is 24.4. The first-order valence-corrected chi connectivity index (χ1v) is 14.2. The molecule has 0 radical (unpaired) electrons. The molecule has 8 nitrogen and oxygen atoms in total. The van der Waals surface area contributed by atoms with Gasteiger partial charge in [-0.25, -0.2) is 9.59 Å². The predicted octanol–water partition coefficient (Wildman–Crippen LogP) is 4.92. The zero-order valence-electron chi connectivity index (χ0n) is 24.8. The molecule has 8 heteroatoms. The summed E-state index contributed by atoms with van der Waals surface area (Å²) in [5, 5.41) is 0. The first-order chi connectivity index (χ1) is 19.4. The van der Waals surface area contributed by atoms with Crippen LogP contribution in [0.15, 0.2) is 65.3 Å². The molecule has 1 amide bonds. The third-order valence-electron chi connectivity index (χ3n) is 8.70. The van der Waals surface area contributed by atoms with Crippen LogP contribution in [0.25, 0.3) is 0 Å². The number of nitrogens with zero attached hydrogens (tertiary/aromatic N) is 1. The fourth-order valence-corrected chi connectivity index (χ4v) is 7.19. The van der Waals surface area contributed by atoms with E-state index in [2.05, 4.69) is 25.1 Å². The number of benzene rings is 2. The van der Waals surface area contributed by atoms with Gasteiger partial charge in [-0.15, -0.1) is 0 Å². The van der Waals surface area contributed by atoms with Crippen molar-refractivity contribution < 1.29 is 28.6 Å². The molecular weight excluding hydrogens is 520 g/mol. The summed E-state index contributed by atoms with van der Waals surface area (Å²) in [5.41, 5.74) is 7.33. The minimum Gasteiger partial charge on any atom is -0.462 e. The SMILES string of the molecule is CCOC(=O)C1=C(C)OC(N)=C(C(=O)OCC)C12C(=O)N1c3c2cc(CC)cc3C(C)(c2ccccc2)CC1(C)C. The van der Waals surface area contributed by atoms with Crippen LogP contribution in [-0.2, 0) is 45.8 Å². The fraction of sp³-hybridized carbons (Fsp3) is 0.424. The highest BCUT2D eigenvalue weighted by Gasteiger charge is 2.68. The Labute approximate surface area is 241 Å². The van der Waals surface area contributed by atoms with Crippen molar-refractivity contribution in [3.8, 4) is 0 Å². The second kappa shape index (κ2) is 9.79. The Morgan fingerprint density at radius 2 is 1.54 bits per heavy atom. The van der Waals surface area contributed by atoms with Gasteiger partial charge in [0.05, 0.1) is 18.9 Å². The average Bonchev–Trinajstić information content (AvgIpc) is 3.16. The van der Waals surface area contributed by atoms with Gasteiger partial charge in [0.15, 0.2) is 0 Å². The number of carbonyl (C=O) groups is 3. The molecule has 2 N–H and O–H groups in total. The number of allylic oxidation sites excluding steroid dienone is 1. The van der Waals surface area contributed by atoms with E-state index in [1.165, 1.54) is 0 Å². The molecule has 0 saturated carbocycles. The Morgan fingerprint density at radius 1 is 0.951 bits per heavy atom. The third kappa shape index (κ3) is 3.83. The lowest BCUT2D eigenvalue weighted by atomic mass is 9.64. The fourth-order valence-electron chi connectivity index (χ4n) is 7.19. The van der Waals surface area contributed by atoms with Crippen LogP contribution in [0.4, 0.5) is 5.69 Å². The highest BCUT2D eigenvalue weighted by Crippen LogP contribution is 2.62. The monoisotopic (exact) mass is 558 g/mol. The average molecular weight is 559 g/mol. The molecule has 0 aliphatic carbocycles. The molecule has 0 aromatic heterocycles. The maximum Gasteiger partial charge on any atom is 0.341 e. The molecule has 2 unspecified atom stereocenters. The highest BCUT2D eigenvalue weighted by atomic mass is 16.5. The molecule has 2 atom stereocenters. The van der Waals surface area contributed by atoms with E-state index in [0.29, 0.717) is 24.1 Å². The van der Waals surface area contributed by atoms with E-state index < -0.39 is 34.2 Å². The first-order valence-electron chi connectivity index (χ1n) is 14.2. The minimum atomic E-state index is -1.90. The summed E-state index contributed by atoms with van der Waals surface area (Å²) >= 11 is 0. The van der Waals surface area contributed by atoms with Gasteiger partial charge in [-0.2, -0.15) is 0 Å². The standard InChI is InChI=1S/C33H38N2O6/c1-8-20-16-22-26-23(17-20)33(24(28(36)39-9-2)19(4)41-27(34)25(33)29(37)40-10-3)30(38)35(26)31(5,6)18-32(22,7)21-14-12-11-13-15-21/h11-17H,8-10,18,34H2,1-7H3. The van der Waals surface area contributed by atoms with E-state index >= 15 is 4.79 Å². The molecule has 3 heterocycles. The number of hydrogen-bond donors (Lipinski definition) is 1. The maximum atomic E-state index is 15.2. The molecule has 0 bridgehead atoms. The number of nitrogens with two attached hydrogens (primary N) is 1. The summed E-state index contributed by atoms with van der Waals surface area (Å²) in [4.78, 5) is 44.4. The molecular formula is C33H38N2O6. The number of esters is 2. The quantitative estimate of drug-likeness (QED) is 0.501. The van der Waals surface area contributed by atoms with E-state index in [1.807, 2.05) is 45.0 Å². The van der Waals surface area contributed by atoms with Crippen LogP contribution in [0.5, 0.6) is 0 Å². The summed E-state index contributed by atoms with van der Waals surface area (Å²) in [6, 6.07) is 14.3. The van der Waals surface area contributed by atoms with Crippen molar-refractivity contribution in [1.82, 2.24) is 0 Å². The van der Waals surface area contributed by atoms with Gasteiger partial charge < -0.3 is 24.8 Å². The number of hydrogen-bond acceptors (Lipinski definition) is 7. The van der Waals surface area contributed by atoms with Gasteiger partial charge in [0, 0.05) is 16.5 Å². The third-order valence-corrected chi connectivity index (χ3v) is 8.70. The summed E-state index contributed by atoms with van der Waals surface area (Å²) < 4.78 is 16.7. The molecule has 216 valence electrons. The molecule has 5 rings (SSSR count). The van der Waals surface area contributed by atoms with E-state index in [4.69, 9.17) is 19.9 Å². The number of ether oxygens (including phenoxy) is 3. The van der Waals surface area contributed by atoms with Crippen LogP contribution in [0.2, 0.25) is 0 Å². The van der Waals surface area contributed by atoms with E-state index in [0.717, 1.165) is 16.7 Å². The van der Waals surface area contributed by atoms with Crippen LogP contribution < -0.4 is 10.6 Å². The Hall–Kier alpha value is -4.07. The number of carbonyl (C=O) groups excluding carboxylic acids is 3. The predicted molar refractivity (Wildman–Crippen MR) is 155 cm³/mol. The van der Waals surface area contributed by atoms with Crippen molar-refractivity contribution in [3.63, 3.8) is 0 Å². The zero-order valence-corrected chi connectivity index (χ0v) is 24.8. The summed E-state index contributed by atoms with van der Waals surface area (Å²) in [6.07, 6.45) is 1.27. The number of rotatable bonds is 6. The second-order valence-electron chi connectivity index (χ2n) is 11.7. The van der Waals surface area contributed by atoms with Gasteiger partial charge >= 0.3 is 11.9 Å². The number of amides is 1. The molecule has 1 spiro atoms. The van der Waals surface area contributed by atoms with E-state index in [-0.39, 0.29) is 36.0 Å². The lowest BCUT2D eigenvalue weighted by Crippen LogP contribution is -2.58. The highest BCUT2D eigenvalue weighted by molar-refractivity contribution is 6.23. The first kappa shape index (κ1) is 28.5. The molecule has 0 fully saturated rings. The Kier molecular flexibility index (Phi) is 6.79. The van der Waals surface area contributed by atoms with E-state index in [1.54, 1.807) is 25.7 Å². The zero-order chi connectivity index (χ0) is 29.9. The van der Waals surface area contributed by atoms with Crippen molar-refractivity contribution in [3.05, 3.63) is 87.5 Å². The van der Waals surface area contributed by atoms with Gasteiger partial charge in [-0.05, 0) is 64.2 Å². The van der Waals surface area contributed by atoms with Gasteiger partial charge in [0.2, 0.25) is 11.8 Å².